The number of Topliss-reactive ketones (excluding diaryl/α,β-unsaturated/α-hetero) is 1. The van der Waals surface area contributed by atoms with Crippen LogP contribution < -0.4 is 21.7 Å². The predicted molar refractivity (Wildman–Crippen MR) is 207 cm³/mol. The summed E-state index contributed by atoms with van der Waals surface area (Å²) in [5.74, 6) is -2.48. The summed E-state index contributed by atoms with van der Waals surface area (Å²) in [5, 5.41) is 18.8. The zero-order valence-corrected chi connectivity index (χ0v) is 35.3. The number of rotatable bonds is 26. The standard InChI is InChI=1S/C40H74N4O10/c1-13-21-38(10,16-4)30(47)20-19-28(34(41)48)44-35(49)25(7)42-36(50)26(8)51-33-31(43-27(9)46)37(54-40(12,18-6)23-15-3)52-29(24-45)32(33)53-39(11,17-5)22-14-2/h25-26,28-29,31-33,37,45H,13-24H2,1-12H3,(H2,41,48)(H,42,50)(H,43,46)(H,44,49)/t25-,26+,28+,29?,31?,32+,33+,37+,38?,39?,40?/m0/s1. The topological polar surface area (TPSA) is 205 Å². The second-order valence-electron chi connectivity index (χ2n) is 15.8. The molecule has 0 bridgehead atoms. The Morgan fingerprint density at radius 1 is 0.796 bits per heavy atom. The quantitative estimate of drug-likeness (QED) is 0.0841. The highest BCUT2D eigenvalue weighted by atomic mass is 16.7. The molecule has 5 unspecified atom stereocenters. The van der Waals surface area contributed by atoms with Crippen molar-refractivity contribution in [1.29, 1.82) is 0 Å². The zero-order valence-electron chi connectivity index (χ0n) is 35.3. The van der Waals surface area contributed by atoms with E-state index in [9.17, 15) is 29.1 Å². The van der Waals surface area contributed by atoms with Gasteiger partial charge >= 0.3 is 0 Å². The number of hydrogen-bond donors (Lipinski definition) is 5. The van der Waals surface area contributed by atoms with Gasteiger partial charge in [0.2, 0.25) is 23.6 Å². The minimum absolute atomic E-state index is 0.00217. The minimum Gasteiger partial charge on any atom is -0.394 e. The van der Waals surface area contributed by atoms with Crippen LogP contribution in [0, 0.1) is 5.41 Å². The Balaban J connectivity index is 3.36. The first-order valence-electron chi connectivity index (χ1n) is 20.2. The second-order valence-corrected chi connectivity index (χ2v) is 15.8. The van der Waals surface area contributed by atoms with E-state index in [1.165, 1.54) is 20.8 Å². The van der Waals surface area contributed by atoms with E-state index >= 15 is 0 Å². The van der Waals surface area contributed by atoms with E-state index < -0.39 is 89.8 Å². The lowest BCUT2D eigenvalue weighted by Gasteiger charge is -2.50. The number of aliphatic hydroxyl groups is 1. The Kier molecular flexibility index (Phi) is 20.8. The molecule has 0 aromatic rings. The summed E-state index contributed by atoms with van der Waals surface area (Å²) in [4.78, 5) is 64.9. The summed E-state index contributed by atoms with van der Waals surface area (Å²) in [6.45, 7) is 21.8. The Hall–Kier alpha value is -2.65. The van der Waals surface area contributed by atoms with Crippen molar-refractivity contribution < 1.29 is 48.0 Å². The van der Waals surface area contributed by atoms with E-state index in [1.807, 2.05) is 62.3 Å². The van der Waals surface area contributed by atoms with Crippen LogP contribution in [0.1, 0.15) is 154 Å². The molecule has 14 heteroatoms. The average Bonchev–Trinajstić information content (AvgIpc) is 3.11. The minimum atomic E-state index is -1.19. The molecule has 14 nitrogen and oxygen atoms in total. The van der Waals surface area contributed by atoms with Crippen molar-refractivity contribution >= 4 is 29.4 Å². The first-order chi connectivity index (χ1) is 25.2. The van der Waals surface area contributed by atoms with Crippen LogP contribution in [0.3, 0.4) is 0 Å². The lowest BCUT2D eigenvalue weighted by molar-refractivity contribution is -0.323. The van der Waals surface area contributed by atoms with Crippen LogP contribution in [0.5, 0.6) is 0 Å². The van der Waals surface area contributed by atoms with Crippen molar-refractivity contribution in [2.45, 2.75) is 214 Å². The van der Waals surface area contributed by atoms with Gasteiger partial charge in [0.1, 0.15) is 48.3 Å². The number of primary amides is 1. The summed E-state index contributed by atoms with van der Waals surface area (Å²) in [7, 11) is 0. The van der Waals surface area contributed by atoms with E-state index in [1.54, 1.807) is 0 Å². The number of hydrogen-bond acceptors (Lipinski definition) is 10. The third kappa shape index (κ3) is 14.5. The second kappa shape index (κ2) is 22.8. The van der Waals surface area contributed by atoms with Crippen LogP contribution in [0.15, 0.2) is 0 Å². The normalized spacial score (nSPS) is 25.2. The molecule has 1 saturated heterocycles. The molecule has 6 N–H and O–H groups in total. The molecule has 0 aromatic carbocycles. The maximum Gasteiger partial charge on any atom is 0.249 e. The molecule has 1 aliphatic heterocycles. The van der Waals surface area contributed by atoms with Crippen molar-refractivity contribution in [1.82, 2.24) is 16.0 Å². The smallest absolute Gasteiger partial charge is 0.249 e. The first-order valence-corrected chi connectivity index (χ1v) is 20.2. The summed E-state index contributed by atoms with van der Waals surface area (Å²) in [6.07, 6.45) is 1.54. The lowest BCUT2D eigenvalue weighted by Crippen LogP contribution is -2.68. The van der Waals surface area contributed by atoms with Crippen molar-refractivity contribution in [2.75, 3.05) is 6.61 Å². The van der Waals surface area contributed by atoms with Gasteiger partial charge in [0, 0.05) is 18.8 Å². The highest BCUT2D eigenvalue weighted by Crippen LogP contribution is 2.36. The third-order valence-electron chi connectivity index (χ3n) is 11.1. The van der Waals surface area contributed by atoms with Crippen LogP contribution in [0.2, 0.25) is 0 Å². The van der Waals surface area contributed by atoms with Crippen molar-refractivity contribution in [3.8, 4) is 0 Å². The Morgan fingerprint density at radius 2 is 1.35 bits per heavy atom. The summed E-state index contributed by atoms with van der Waals surface area (Å²) in [6, 6.07) is -3.16. The molecule has 0 radical (unpaired) electrons. The molecule has 0 aromatic heterocycles. The summed E-state index contributed by atoms with van der Waals surface area (Å²) < 4.78 is 26.1. The SMILES string of the molecule is CCCC(C)(CC)O[C@H]1OC(CO)[C@@H](OC(C)(CC)CCC)[C@H](O[C@H](C)C(=O)N[C@@H](C)C(=O)N[C@H](CCC(=O)C(C)(CC)CCC)C(N)=O)C1NC(C)=O. The number of nitrogens with two attached hydrogens (primary N) is 1. The van der Waals surface area contributed by atoms with Crippen LogP contribution in [0.25, 0.3) is 0 Å². The molecular formula is C40H74N4O10. The van der Waals surface area contributed by atoms with Gasteiger partial charge in [-0.15, -0.1) is 0 Å². The van der Waals surface area contributed by atoms with E-state index in [2.05, 4.69) is 16.0 Å². The van der Waals surface area contributed by atoms with Gasteiger partial charge in [0.25, 0.3) is 0 Å². The number of nitrogens with one attached hydrogen (secondary N) is 3. The number of amides is 4. The van der Waals surface area contributed by atoms with Crippen LogP contribution in [-0.4, -0.2) is 101 Å². The van der Waals surface area contributed by atoms with E-state index in [4.69, 9.17) is 24.7 Å². The van der Waals surface area contributed by atoms with Gasteiger partial charge in [-0.05, 0) is 72.6 Å². The van der Waals surface area contributed by atoms with Crippen LogP contribution in [0.4, 0.5) is 0 Å². The van der Waals surface area contributed by atoms with Gasteiger partial charge in [-0.2, -0.15) is 0 Å². The number of ketones is 1. The summed E-state index contributed by atoms with van der Waals surface area (Å²) >= 11 is 0. The first kappa shape index (κ1) is 49.4. The number of aliphatic hydroxyl groups excluding tert-OH is 1. The maximum absolute atomic E-state index is 13.7. The zero-order chi connectivity index (χ0) is 41.4. The number of carbonyl (C=O) groups is 5. The van der Waals surface area contributed by atoms with E-state index in [0.29, 0.717) is 38.5 Å². The van der Waals surface area contributed by atoms with Crippen molar-refractivity contribution in [3.63, 3.8) is 0 Å². The fourth-order valence-electron chi connectivity index (χ4n) is 7.07. The van der Waals surface area contributed by atoms with Crippen LogP contribution in [-0.2, 0) is 42.9 Å². The van der Waals surface area contributed by atoms with Gasteiger partial charge in [-0.25, -0.2) is 0 Å². The average molecular weight is 771 g/mol. The highest BCUT2D eigenvalue weighted by molar-refractivity contribution is 5.92. The van der Waals surface area contributed by atoms with Gasteiger partial charge in [0.15, 0.2) is 6.29 Å². The highest BCUT2D eigenvalue weighted by Gasteiger charge is 2.52. The molecule has 1 fully saturated rings. The Morgan fingerprint density at radius 3 is 1.81 bits per heavy atom. The number of carbonyl (C=O) groups excluding carboxylic acids is 5. The monoisotopic (exact) mass is 771 g/mol. The fraction of sp³-hybridized carbons (Fsp3) is 0.875. The molecule has 0 aliphatic carbocycles. The maximum atomic E-state index is 13.7. The van der Waals surface area contributed by atoms with Gasteiger partial charge in [-0.1, -0.05) is 67.7 Å². The molecule has 0 saturated carbocycles. The Bertz CT molecular complexity index is 1220. The molecule has 4 amide bonds. The molecule has 0 spiro atoms. The molecule has 11 atom stereocenters. The molecule has 54 heavy (non-hydrogen) atoms. The molecule has 314 valence electrons. The third-order valence-corrected chi connectivity index (χ3v) is 11.1. The summed E-state index contributed by atoms with van der Waals surface area (Å²) in [5.41, 5.74) is 3.82. The van der Waals surface area contributed by atoms with Gasteiger partial charge in [0.05, 0.1) is 17.8 Å². The molecule has 1 heterocycles. The predicted octanol–water partition coefficient (Wildman–Crippen LogP) is 4.36. The molecule has 1 rings (SSSR count). The molecule has 1 aliphatic rings. The van der Waals surface area contributed by atoms with Gasteiger partial charge < -0.3 is 45.7 Å². The lowest BCUT2D eigenvalue weighted by atomic mass is 9.77. The van der Waals surface area contributed by atoms with Crippen molar-refractivity contribution in [3.05, 3.63) is 0 Å². The van der Waals surface area contributed by atoms with Gasteiger partial charge in [-0.3, -0.25) is 24.0 Å². The molecular weight excluding hydrogens is 696 g/mol. The van der Waals surface area contributed by atoms with E-state index in [0.717, 1.165) is 19.3 Å². The fourth-order valence-corrected chi connectivity index (χ4v) is 7.07. The van der Waals surface area contributed by atoms with Crippen LogP contribution >= 0.6 is 0 Å². The van der Waals surface area contributed by atoms with Crippen molar-refractivity contribution in [2.24, 2.45) is 11.1 Å². The van der Waals surface area contributed by atoms with E-state index in [-0.39, 0.29) is 24.5 Å². The number of ether oxygens (including phenoxy) is 4. The Labute approximate surface area is 324 Å². The largest absolute Gasteiger partial charge is 0.394 e.